The first-order valence-corrected chi connectivity index (χ1v) is 9.06. The van der Waals surface area contributed by atoms with Crippen molar-refractivity contribution in [3.8, 4) is 0 Å². The zero-order valence-electron chi connectivity index (χ0n) is 14.3. The van der Waals surface area contributed by atoms with Gasteiger partial charge < -0.3 is 15.2 Å². The number of halogens is 2. The highest BCUT2D eigenvalue weighted by Crippen LogP contribution is 2.40. The van der Waals surface area contributed by atoms with E-state index in [2.05, 4.69) is 20.3 Å². The molecule has 0 aliphatic carbocycles. The van der Waals surface area contributed by atoms with E-state index in [4.69, 9.17) is 23.2 Å². The highest BCUT2D eigenvalue weighted by Gasteiger charge is 2.32. The molecule has 0 spiro atoms. The van der Waals surface area contributed by atoms with Crippen molar-refractivity contribution in [3.05, 3.63) is 51.7 Å². The second kappa shape index (κ2) is 6.45. The van der Waals surface area contributed by atoms with Crippen molar-refractivity contribution in [3.63, 3.8) is 0 Å². The van der Waals surface area contributed by atoms with E-state index >= 15 is 0 Å². The average Bonchev–Trinajstić information content (AvgIpc) is 3.05. The highest BCUT2D eigenvalue weighted by atomic mass is 35.5. The molecule has 2 aromatic heterocycles. The van der Waals surface area contributed by atoms with E-state index in [1.807, 2.05) is 13.0 Å². The number of rotatable bonds is 2. The zero-order chi connectivity index (χ0) is 18.4. The molecule has 0 radical (unpaired) electrons. The van der Waals surface area contributed by atoms with Crippen molar-refractivity contribution in [2.24, 2.45) is 0 Å². The lowest BCUT2D eigenvalue weighted by Crippen LogP contribution is -2.39. The first kappa shape index (κ1) is 17.1. The third-order valence-electron chi connectivity index (χ3n) is 4.87. The minimum Gasteiger partial charge on any atom is -0.386 e. The fourth-order valence-electron chi connectivity index (χ4n) is 3.51. The van der Waals surface area contributed by atoms with Gasteiger partial charge in [0, 0.05) is 36.7 Å². The van der Waals surface area contributed by atoms with Crippen molar-refractivity contribution in [2.45, 2.75) is 19.4 Å². The smallest absolute Gasteiger partial charge is 0.292 e. The molecular weight excluding hydrogens is 373 g/mol. The number of benzene rings is 1. The number of anilines is 1. The van der Waals surface area contributed by atoms with E-state index in [0.717, 1.165) is 27.8 Å². The summed E-state index contributed by atoms with van der Waals surface area (Å²) in [4.78, 5) is 26.5. The molecule has 1 aliphatic rings. The summed E-state index contributed by atoms with van der Waals surface area (Å²) in [6, 6.07) is 3.61. The first-order valence-electron chi connectivity index (χ1n) is 8.30. The fourth-order valence-corrected chi connectivity index (χ4v) is 3.88. The molecule has 4 rings (SSSR count). The van der Waals surface area contributed by atoms with Crippen LogP contribution >= 0.6 is 23.2 Å². The molecule has 0 fully saturated rings. The first-order chi connectivity index (χ1) is 12.5. The summed E-state index contributed by atoms with van der Waals surface area (Å²) in [6.07, 6.45) is 3.92. The van der Waals surface area contributed by atoms with Crippen molar-refractivity contribution in [1.29, 1.82) is 0 Å². The second-order valence-corrected chi connectivity index (χ2v) is 7.06. The summed E-state index contributed by atoms with van der Waals surface area (Å²) >= 11 is 12.5. The standard InChI is InChI=1S/C18H17Cl2N5O/c1-9-14-11-3-4-12(19)15(20)16(11)24-13(14)5-6-25(9)18(26)17-22-7-10(21-2)8-23-17/h3-4,7-9,21,24H,5-6H2,1-2H3/t9-/m1/s1. The van der Waals surface area contributed by atoms with Gasteiger partial charge in [-0.15, -0.1) is 0 Å². The van der Waals surface area contributed by atoms with E-state index in [0.29, 0.717) is 23.0 Å². The molecule has 134 valence electrons. The van der Waals surface area contributed by atoms with Gasteiger partial charge in [-0.2, -0.15) is 0 Å². The van der Waals surface area contributed by atoms with Gasteiger partial charge in [0.15, 0.2) is 0 Å². The van der Waals surface area contributed by atoms with Gasteiger partial charge in [-0.05, 0) is 13.0 Å². The van der Waals surface area contributed by atoms with Crippen LogP contribution in [0.3, 0.4) is 0 Å². The molecule has 26 heavy (non-hydrogen) atoms. The third kappa shape index (κ3) is 2.61. The number of amides is 1. The number of fused-ring (bicyclic) bond motifs is 3. The van der Waals surface area contributed by atoms with E-state index < -0.39 is 0 Å². The average molecular weight is 390 g/mol. The van der Waals surface area contributed by atoms with Gasteiger partial charge in [-0.3, -0.25) is 4.79 Å². The largest absolute Gasteiger partial charge is 0.386 e. The number of nitrogens with zero attached hydrogens (tertiary/aromatic N) is 3. The summed E-state index contributed by atoms with van der Waals surface area (Å²) in [5, 5.41) is 4.95. The molecule has 1 atom stereocenters. The molecule has 0 bridgehead atoms. The van der Waals surface area contributed by atoms with Gasteiger partial charge in [0.05, 0.1) is 39.7 Å². The minimum atomic E-state index is -0.180. The van der Waals surface area contributed by atoms with Crippen LogP contribution in [0.25, 0.3) is 10.9 Å². The molecule has 1 amide bonds. The molecule has 3 heterocycles. The van der Waals surface area contributed by atoms with E-state index in [1.54, 1.807) is 30.4 Å². The SMILES string of the molecule is CNc1cnc(C(=O)N2CCc3[nH]c4c(Cl)c(Cl)ccc4c3[C@H]2C)nc1. The van der Waals surface area contributed by atoms with Gasteiger partial charge in [0.25, 0.3) is 5.91 Å². The Morgan fingerprint density at radius 1 is 1.31 bits per heavy atom. The van der Waals surface area contributed by atoms with Crippen LogP contribution in [0.1, 0.15) is 34.8 Å². The molecule has 1 aliphatic heterocycles. The Morgan fingerprint density at radius 2 is 2.04 bits per heavy atom. The summed E-state index contributed by atoms with van der Waals surface area (Å²) in [7, 11) is 1.78. The number of nitrogens with one attached hydrogen (secondary N) is 2. The normalized spacial score (nSPS) is 16.6. The van der Waals surface area contributed by atoms with E-state index in [1.165, 1.54) is 0 Å². The van der Waals surface area contributed by atoms with Gasteiger partial charge >= 0.3 is 0 Å². The predicted molar refractivity (Wildman–Crippen MR) is 103 cm³/mol. The summed E-state index contributed by atoms with van der Waals surface area (Å²) in [5.41, 5.74) is 3.75. The molecular formula is C18H17Cl2N5O. The van der Waals surface area contributed by atoms with Gasteiger partial charge in [-0.25, -0.2) is 9.97 Å². The number of carbonyl (C=O) groups is 1. The van der Waals surface area contributed by atoms with Crippen LogP contribution in [0.15, 0.2) is 24.5 Å². The van der Waals surface area contributed by atoms with Gasteiger partial charge in [0.2, 0.25) is 5.82 Å². The topological polar surface area (TPSA) is 73.9 Å². The van der Waals surface area contributed by atoms with E-state index in [9.17, 15) is 4.79 Å². The van der Waals surface area contributed by atoms with Crippen LogP contribution in [0.5, 0.6) is 0 Å². The van der Waals surface area contributed by atoms with Crippen LogP contribution in [0.4, 0.5) is 5.69 Å². The molecule has 1 aromatic carbocycles. The highest BCUT2D eigenvalue weighted by molar-refractivity contribution is 6.45. The monoisotopic (exact) mass is 389 g/mol. The number of carbonyl (C=O) groups excluding carboxylic acids is 1. The molecule has 0 saturated heterocycles. The Morgan fingerprint density at radius 3 is 2.73 bits per heavy atom. The second-order valence-electron chi connectivity index (χ2n) is 6.27. The Labute approximate surface area is 160 Å². The van der Waals surface area contributed by atoms with Crippen molar-refractivity contribution in [2.75, 3.05) is 18.9 Å². The maximum atomic E-state index is 12.9. The molecule has 0 unspecified atom stereocenters. The predicted octanol–water partition coefficient (Wildman–Crippen LogP) is 4.07. The van der Waals surface area contributed by atoms with Gasteiger partial charge in [-0.1, -0.05) is 29.3 Å². The molecule has 2 N–H and O–H groups in total. The number of aromatic nitrogens is 3. The van der Waals surface area contributed by atoms with Crippen LogP contribution in [0, 0.1) is 0 Å². The van der Waals surface area contributed by atoms with Crippen molar-refractivity contribution >= 4 is 45.7 Å². The molecule has 3 aromatic rings. The van der Waals surface area contributed by atoms with E-state index in [-0.39, 0.29) is 17.8 Å². The summed E-state index contributed by atoms with van der Waals surface area (Å²) in [6.45, 7) is 2.59. The van der Waals surface area contributed by atoms with Crippen molar-refractivity contribution in [1.82, 2.24) is 19.9 Å². The van der Waals surface area contributed by atoms with Gasteiger partial charge in [0.1, 0.15) is 0 Å². The van der Waals surface area contributed by atoms with Crippen LogP contribution in [0.2, 0.25) is 10.0 Å². The lowest BCUT2D eigenvalue weighted by atomic mass is 9.97. The Balaban J connectivity index is 1.72. The lowest BCUT2D eigenvalue weighted by molar-refractivity contribution is 0.0665. The van der Waals surface area contributed by atoms with Crippen LogP contribution in [-0.2, 0) is 6.42 Å². The molecule has 0 saturated carbocycles. The quantitative estimate of drug-likeness (QED) is 0.692. The minimum absolute atomic E-state index is 0.121. The maximum Gasteiger partial charge on any atom is 0.292 e. The Hall–Kier alpha value is -2.31. The Bertz CT molecular complexity index is 999. The zero-order valence-corrected chi connectivity index (χ0v) is 15.8. The summed E-state index contributed by atoms with van der Waals surface area (Å²) in [5.74, 6) is 0.0143. The van der Waals surface area contributed by atoms with Crippen molar-refractivity contribution < 1.29 is 4.79 Å². The molecule has 6 nitrogen and oxygen atoms in total. The number of hydrogen-bond acceptors (Lipinski definition) is 4. The molecule has 8 heteroatoms. The maximum absolute atomic E-state index is 12.9. The number of hydrogen-bond donors (Lipinski definition) is 2. The van der Waals surface area contributed by atoms with Crippen LogP contribution in [-0.4, -0.2) is 39.4 Å². The Kier molecular flexibility index (Phi) is 4.25. The number of H-pyrrole nitrogens is 1. The fraction of sp³-hybridized carbons (Fsp3) is 0.278. The summed E-state index contributed by atoms with van der Waals surface area (Å²) < 4.78 is 0. The lowest BCUT2D eigenvalue weighted by Gasteiger charge is -2.33. The van der Waals surface area contributed by atoms with Crippen LogP contribution < -0.4 is 5.32 Å². The third-order valence-corrected chi connectivity index (χ3v) is 5.67. The number of aromatic amines is 1.